The molecule has 2 N–H and O–H groups in total. The topological polar surface area (TPSA) is 93.1 Å². The summed E-state index contributed by atoms with van der Waals surface area (Å²) in [4.78, 5) is 41.9. The monoisotopic (exact) mass is 460 g/mol. The van der Waals surface area contributed by atoms with Crippen LogP contribution in [0.2, 0.25) is 5.02 Å². The van der Waals surface area contributed by atoms with Crippen molar-refractivity contribution in [3.63, 3.8) is 0 Å². The van der Waals surface area contributed by atoms with E-state index >= 15 is 0 Å². The highest BCUT2D eigenvalue weighted by atomic mass is 35.5. The molecule has 1 heterocycles. The van der Waals surface area contributed by atoms with Crippen LogP contribution >= 0.6 is 11.6 Å². The third-order valence-corrected chi connectivity index (χ3v) is 5.48. The molecule has 0 fully saturated rings. The Morgan fingerprint density at radius 1 is 1.00 bits per heavy atom. The summed E-state index contributed by atoms with van der Waals surface area (Å²) in [6, 6.07) is 18.7. The fourth-order valence-corrected chi connectivity index (χ4v) is 3.62. The van der Waals surface area contributed by atoms with Crippen molar-refractivity contribution in [1.82, 2.24) is 9.55 Å². The van der Waals surface area contributed by atoms with Gasteiger partial charge in [0.15, 0.2) is 0 Å². The molecule has 0 saturated heterocycles. The molecule has 4 aromatic rings. The van der Waals surface area contributed by atoms with Crippen LogP contribution in [0.15, 0.2) is 71.5 Å². The molecule has 0 aliphatic rings. The zero-order valence-electron chi connectivity index (χ0n) is 18.1. The number of carbonyl (C=O) groups excluding carboxylic acids is 2. The molecule has 1 aromatic heterocycles. The Hall–Kier alpha value is -3.97. The largest absolute Gasteiger partial charge is 0.326 e. The summed E-state index contributed by atoms with van der Waals surface area (Å²) in [5.41, 5.74) is 2.38. The highest BCUT2D eigenvalue weighted by molar-refractivity contribution is 6.34. The molecular weight excluding hydrogens is 440 g/mol. The highest BCUT2D eigenvalue weighted by Crippen LogP contribution is 2.26. The van der Waals surface area contributed by atoms with Crippen molar-refractivity contribution in [3.05, 3.63) is 93.5 Å². The summed E-state index contributed by atoms with van der Waals surface area (Å²) in [5, 5.41) is 6.36. The number of rotatable bonds is 5. The normalized spacial score (nSPS) is 10.8. The van der Waals surface area contributed by atoms with Gasteiger partial charge in [-0.25, -0.2) is 4.98 Å². The number of aromatic nitrogens is 2. The second-order valence-electron chi connectivity index (χ2n) is 7.41. The van der Waals surface area contributed by atoms with Gasteiger partial charge in [0.2, 0.25) is 5.91 Å². The van der Waals surface area contributed by atoms with Crippen LogP contribution in [0.25, 0.3) is 16.6 Å². The maximum absolute atomic E-state index is 13.0. The SMILES string of the molecule is CCC(=O)Nc1ccc(Cl)c(NC(=O)c2ccc(-n3c(C)nc4ccccc4c3=O)cc2)c1. The number of hydrogen-bond donors (Lipinski definition) is 2. The van der Waals surface area contributed by atoms with E-state index in [9.17, 15) is 14.4 Å². The molecule has 0 aliphatic carbocycles. The minimum absolute atomic E-state index is 0.140. The Labute approximate surface area is 195 Å². The van der Waals surface area contributed by atoms with E-state index in [-0.39, 0.29) is 17.4 Å². The molecule has 0 unspecified atom stereocenters. The van der Waals surface area contributed by atoms with Crippen LogP contribution in [-0.4, -0.2) is 21.4 Å². The van der Waals surface area contributed by atoms with Crippen molar-refractivity contribution in [2.45, 2.75) is 20.3 Å². The molecule has 33 heavy (non-hydrogen) atoms. The van der Waals surface area contributed by atoms with E-state index in [1.807, 2.05) is 6.07 Å². The van der Waals surface area contributed by atoms with E-state index in [2.05, 4.69) is 15.6 Å². The minimum atomic E-state index is -0.372. The number of nitrogens with one attached hydrogen (secondary N) is 2. The highest BCUT2D eigenvalue weighted by Gasteiger charge is 2.13. The van der Waals surface area contributed by atoms with E-state index in [0.29, 0.717) is 50.8 Å². The minimum Gasteiger partial charge on any atom is -0.326 e. The molecule has 2 amide bonds. The van der Waals surface area contributed by atoms with Gasteiger partial charge in [0.25, 0.3) is 11.5 Å². The second kappa shape index (κ2) is 9.26. The number of benzene rings is 3. The van der Waals surface area contributed by atoms with Crippen molar-refractivity contribution in [2.75, 3.05) is 10.6 Å². The predicted octanol–water partition coefficient (Wildman–Crippen LogP) is 4.95. The molecule has 166 valence electrons. The fourth-order valence-electron chi connectivity index (χ4n) is 3.45. The van der Waals surface area contributed by atoms with E-state index in [1.54, 1.807) is 74.5 Å². The average molecular weight is 461 g/mol. The van der Waals surface area contributed by atoms with Crippen LogP contribution in [0.5, 0.6) is 0 Å². The lowest BCUT2D eigenvalue weighted by molar-refractivity contribution is -0.115. The second-order valence-corrected chi connectivity index (χ2v) is 7.82. The fraction of sp³-hybridized carbons (Fsp3) is 0.120. The number of aryl methyl sites for hydroxylation is 1. The van der Waals surface area contributed by atoms with Crippen molar-refractivity contribution in [3.8, 4) is 5.69 Å². The Bertz CT molecular complexity index is 1430. The number of para-hydroxylation sites is 1. The number of carbonyl (C=O) groups is 2. The van der Waals surface area contributed by atoms with Crippen molar-refractivity contribution < 1.29 is 9.59 Å². The summed E-state index contributed by atoms with van der Waals surface area (Å²) in [5.74, 6) is 0.0376. The molecule has 0 atom stereocenters. The number of hydrogen-bond acceptors (Lipinski definition) is 4. The van der Waals surface area contributed by atoms with Crippen LogP contribution in [0.1, 0.15) is 29.5 Å². The standard InChI is InChI=1S/C25H21ClN4O3/c1-3-23(31)28-17-10-13-20(26)22(14-17)29-24(32)16-8-11-18(12-9-16)30-15(2)27-21-7-5-4-6-19(21)25(30)33/h4-14H,3H2,1-2H3,(H,28,31)(H,29,32). The maximum Gasteiger partial charge on any atom is 0.265 e. The summed E-state index contributed by atoms with van der Waals surface area (Å²) in [6.45, 7) is 3.52. The van der Waals surface area contributed by atoms with Crippen LogP contribution in [0.3, 0.4) is 0 Å². The number of anilines is 2. The van der Waals surface area contributed by atoms with Gasteiger partial charge in [0.1, 0.15) is 5.82 Å². The molecule has 3 aromatic carbocycles. The van der Waals surface area contributed by atoms with Gasteiger partial charge in [-0.1, -0.05) is 30.7 Å². The molecule has 0 aliphatic heterocycles. The number of nitrogens with zero attached hydrogens (tertiary/aromatic N) is 2. The number of fused-ring (bicyclic) bond motifs is 1. The van der Waals surface area contributed by atoms with Crippen LogP contribution in [0.4, 0.5) is 11.4 Å². The van der Waals surface area contributed by atoms with Crippen molar-refractivity contribution >= 4 is 45.7 Å². The van der Waals surface area contributed by atoms with Crippen LogP contribution in [-0.2, 0) is 4.79 Å². The van der Waals surface area contributed by atoms with Gasteiger partial charge >= 0.3 is 0 Å². The van der Waals surface area contributed by atoms with Gasteiger partial charge in [-0.2, -0.15) is 0 Å². The van der Waals surface area contributed by atoms with E-state index in [0.717, 1.165) is 0 Å². The number of halogens is 1. The lowest BCUT2D eigenvalue weighted by atomic mass is 10.1. The van der Waals surface area contributed by atoms with Crippen molar-refractivity contribution in [2.24, 2.45) is 0 Å². The molecule has 0 radical (unpaired) electrons. The van der Waals surface area contributed by atoms with Gasteiger partial charge < -0.3 is 10.6 Å². The first-order valence-corrected chi connectivity index (χ1v) is 10.7. The maximum atomic E-state index is 13.0. The van der Waals surface area contributed by atoms with Gasteiger partial charge in [-0.15, -0.1) is 0 Å². The van der Waals surface area contributed by atoms with Crippen LogP contribution < -0.4 is 16.2 Å². The summed E-state index contributed by atoms with van der Waals surface area (Å²) >= 11 is 6.21. The van der Waals surface area contributed by atoms with E-state index < -0.39 is 0 Å². The van der Waals surface area contributed by atoms with Crippen LogP contribution in [0, 0.1) is 6.92 Å². The molecule has 0 spiro atoms. The lowest BCUT2D eigenvalue weighted by Gasteiger charge is -2.12. The van der Waals surface area contributed by atoms with E-state index in [4.69, 9.17) is 11.6 Å². The van der Waals surface area contributed by atoms with Gasteiger partial charge in [0.05, 0.1) is 27.3 Å². The Kier molecular flexibility index (Phi) is 6.24. The zero-order chi connectivity index (χ0) is 23.5. The first kappa shape index (κ1) is 22.2. The lowest BCUT2D eigenvalue weighted by Crippen LogP contribution is -2.22. The molecule has 0 bridgehead atoms. The smallest absolute Gasteiger partial charge is 0.265 e. The summed E-state index contributed by atoms with van der Waals surface area (Å²) in [6.07, 6.45) is 0.339. The quantitative estimate of drug-likeness (QED) is 0.440. The van der Waals surface area contributed by atoms with E-state index in [1.165, 1.54) is 4.57 Å². The number of amides is 2. The third-order valence-electron chi connectivity index (χ3n) is 5.15. The Balaban J connectivity index is 1.59. The summed E-state index contributed by atoms with van der Waals surface area (Å²) < 4.78 is 1.51. The summed E-state index contributed by atoms with van der Waals surface area (Å²) in [7, 11) is 0. The molecule has 0 saturated carbocycles. The molecule has 7 nitrogen and oxygen atoms in total. The Morgan fingerprint density at radius 2 is 1.73 bits per heavy atom. The molecular formula is C25H21ClN4O3. The predicted molar refractivity (Wildman–Crippen MR) is 130 cm³/mol. The first-order chi connectivity index (χ1) is 15.9. The average Bonchev–Trinajstić information content (AvgIpc) is 2.81. The van der Waals surface area contributed by atoms with Gasteiger partial charge in [-0.3, -0.25) is 19.0 Å². The molecule has 4 rings (SSSR count). The van der Waals surface area contributed by atoms with Gasteiger partial charge in [0, 0.05) is 17.7 Å². The molecule has 8 heteroatoms. The Morgan fingerprint density at radius 3 is 2.45 bits per heavy atom. The third kappa shape index (κ3) is 4.63. The first-order valence-electron chi connectivity index (χ1n) is 10.4. The van der Waals surface area contributed by atoms with Gasteiger partial charge in [-0.05, 0) is 61.5 Å². The zero-order valence-corrected chi connectivity index (χ0v) is 18.8. The van der Waals surface area contributed by atoms with Crippen molar-refractivity contribution in [1.29, 1.82) is 0 Å².